The van der Waals surface area contributed by atoms with Crippen LogP contribution in [0.15, 0.2) is 58.5 Å². The largest absolute Gasteiger partial charge is 2.00 e. The molecule has 2 aliphatic heterocycles. The van der Waals surface area contributed by atoms with Crippen LogP contribution in [0.4, 0.5) is 0 Å². The van der Waals surface area contributed by atoms with Gasteiger partial charge in [0.15, 0.2) is 0 Å². The minimum atomic E-state index is 0. The van der Waals surface area contributed by atoms with Gasteiger partial charge in [-0.3, -0.25) is 9.98 Å². The second-order valence-electron chi connectivity index (χ2n) is 6.01. The second-order valence-corrected chi connectivity index (χ2v) is 6.01. The van der Waals surface area contributed by atoms with Crippen LogP contribution in [-0.2, 0) is 19.5 Å². The first kappa shape index (κ1) is 20.9. The molecule has 0 unspecified atom stereocenters. The summed E-state index contributed by atoms with van der Waals surface area (Å²) >= 11 is 0. The van der Waals surface area contributed by atoms with Gasteiger partial charge in [0, 0.05) is 37.3 Å². The molecule has 0 atom stereocenters. The van der Waals surface area contributed by atoms with Crippen molar-refractivity contribution in [1.29, 1.82) is 0 Å². The van der Waals surface area contributed by atoms with Crippen molar-refractivity contribution in [2.45, 2.75) is 12.8 Å². The van der Waals surface area contributed by atoms with Gasteiger partial charge in [0.25, 0.3) is 0 Å². The molecule has 6 nitrogen and oxygen atoms in total. The Morgan fingerprint density at radius 2 is 1.07 bits per heavy atom. The SMILES string of the molecule is [O-]c1ccccc1C1=NCCCN1.[O-]c1ccccc1C1=NCCCN1.[Zn+2]. The van der Waals surface area contributed by atoms with Gasteiger partial charge >= 0.3 is 19.5 Å². The fraction of sp³-hybridized carbons (Fsp3) is 0.300. The number of nitrogens with one attached hydrogen (secondary N) is 2. The van der Waals surface area contributed by atoms with Crippen molar-refractivity contribution in [2.24, 2.45) is 9.98 Å². The number of para-hydroxylation sites is 2. The van der Waals surface area contributed by atoms with Crippen molar-refractivity contribution < 1.29 is 29.7 Å². The van der Waals surface area contributed by atoms with Crippen LogP contribution in [0.2, 0.25) is 0 Å². The summed E-state index contributed by atoms with van der Waals surface area (Å²) in [5.74, 6) is 1.57. The Morgan fingerprint density at radius 3 is 1.41 bits per heavy atom. The Hall–Kier alpha value is -2.40. The number of rotatable bonds is 2. The van der Waals surface area contributed by atoms with Crippen LogP contribution in [0.25, 0.3) is 0 Å². The molecule has 0 amide bonds. The van der Waals surface area contributed by atoms with Crippen LogP contribution in [-0.4, -0.2) is 37.9 Å². The summed E-state index contributed by atoms with van der Waals surface area (Å²) < 4.78 is 0. The number of hydrogen-bond acceptors (Lipinski definition) is 6. The van der Waals surface area contributed by atoms with E-state index in [0.717, 1.165) is 50.7 Å². The minimum Gasteiger partial charge on any atom is -0.872 e. The van der Waals surface area contributed by atoms with E-state index in [1.54, 1.807) is 36.4 Å². The Kier molecular flexibility index (Phi) is 8.27. The van der Waals surface area contributed by atoms with Crippen molar-refractivity contribution >= 4 is 11.7 Å². The molecular formula is C20H22N4O2Zn. The van der Waals surface area contributed by atoms with Gasteiger partial charge in [-0.15, -0.1) is 0 Å². The van der Waals surface area contributed by atoms with Crippen LogP contribution in [0, 0.1) is 0 Å². The summed E-state index contributed by atoms with van der Waals surface area (Å²) in [6.45, 7) is 3.45. The van der Waals surface area contributed by atoms with E-state index in [2.05, 4.69) is 20.6 Å². The molecule has 4 rings (SSSR count). The van der Waals surface area contributed by atoms with Crippen molar-refractivity contribution in [3.63, 3.8) is 0 Å². The van der Waals surface area contributed by atoms with Crippen molar-refractivity contribution in [3.8, 4) is 11.5 Å². The summed E-state index contributed by atoms with van der Waals surface area (Å²) in [6.07, 6.45) is 2.09. The van der Waals surface area contributed by atoms with Gasteiger partial charge in [-0.1, -0.05) is 60.0 Å². The summed E-state index contributed by atoms with van der Waals surface area (Å²) in [5.41, 5.74) is 1.37. The Bertz CT molecular complexity index is 741. The first-order valence-corrected chi connectivity index (χ1v) is 8.85. The van der Waals surface area contributed by atoms with Gasteiger partial charge in [0.1, 0.15) is 11.7 Å². The maximum atomic E-state index is 11.4. The molecule has 0 spiro atoms. The third kappa shape index (κ3) is 5.79. The number of benzene rings is 2. The third-order valence-electron chi connectivity index (χ3n) is 4.08. The van der Waals surface area contributed by atoms with E-state index in [-0.39, 0.29) is 31.0 Å². The summed E-state index contributed by atoms with van der Waals surface area (Å²) in [7, 11) is 0. The van der Waals surface area contributed by atoms with Crippen molar-refractivity contribution in [2.75, 3.05) is 26.2 Å². The molecule has 7 heteroatoms. The van der Waals surface area contributed by atoms with E-state index in [9.17, 15) is 10.2 Å². The fourth-order valence-corrected chi connectivity index (χ4v) is 2.75. The average Bonchev–Trinajstić information content (AvgIpc) is 2.71. The number of hydrogen-bond donors (Lipinski definition) is 2. The molecule has 2 aliphatic rings. The van der Waals surface area contributed by atoms with Crippen molar-refractivity contribution in [1.82, 2.24) is 10.6 Å². The van der Waals surface area contributed by atoms with Gasteiger partial charge in [-0.25, -0.2) is 0 Å². The molecular weight excluding hydrogens is 394 g/mol. The normalized spacial score (nSPS) is 15.6. The standard InChI is InChI=1S/2C10H12N2O.Zn/c2*13-9-5-2-1-4-8(9)10-11-6-3-7-12-10;/h2*1-2,4-5,13H,3,6-7H2,(H,11,12);/q;;+2/p-2. The van der Waals surface area contributed by atoms with E-state index < -0.39 is 0 Å². The Balaban J connectivity index is 0.000000187. The molecule has 27 heavy (non-hydrogen) atoms. The molecule has 2 aromatic rings. The molecule has 2 heterocycles. The third-order valence-corrected chi connectivity index (χ3v) is 4.08. The fourth-order valence-electron chi connectivity index (χ4n) is 2.75. The predicted octanol–water partition coefficient (Wildman–Crippen LogP) is 0.998. The molecule has 0 radical (unpaired) electrons. The van der Waals surface area contributed by atoms with Crippen LogP contribution < -0.4 is 20.8 Å². The molecule has 0 bridgehead atoms. The minimum absolute atomic E-state index is 0. The molecule has 2 N–H and O–H groups in total. The zero-order chi connectivity index (χ0) is 18.2. The number of amidine groups is 2. The zero-order valence-electron chi connectivity index (χ0n) is 15.3. The topological polar surface area (TPSA) is 94.9 Å². The van der Waals surface area contributed by atoms with E-state index >= 15 is 0 Å². The van der Waals surface area contributed by atoms with E-state index in [0.29, 0.717) is 11.1 Å². The summed E-state index contributed by atoms with van der Waals surface area (Å²) in [4.78, 5) is 8.53. The van der Waals surface area contributed by atoms with Crippen LogP contribution >= 0.6 is 0 Å². The number of nitrogens with zero attached hydrogens (tertiary/aromatic N) is 2. The summed E-state index contributed by atoms with van der Waals surface area (Å²) in [6, 6.07) is 13.9. The summed E-state index contributed by atoms with van der Waals surface area (Å²) in [5, 5.41) is 29.0. The van der Waals surface area contributed by atoms with Gasteiger partial charge < -0.3 is 20.8 Å². The Morgan fingerprint density at radius 1 is 0.667 bits per heavy atom. The molecule has 2 aromatic carbocycles. The second kappa shape index (κ2) is 10.7. The van der Waals surface area contributed by atoms with Crippen LogP contribution in [0.5, 0.6) is 11.5 Å². The molecule has 0 saturated heterocycles. The van der Waals surface area contributed by atoms with Crippen molar-refractivity contribution in [3.05, 3.63) is 59.7 Å². The van der Waals surface area contributed by atoms with E-state index in [1.807, 2.05) is 12.1 Å². The molecule has 0 aromatic heterocycles. The van der Waals surface area contributed by atoms with Crippen LogP contribution in [0.3, 0.4) is 0 Å². The predicted molar refractivity (Wildman–Crippen MR) is 99.8 cm³/mol. The first-order chi connectivity index (χ1) is 12.8. The van der Waals surface area contributed by atoms with Gasteiger partial charge in [0.05, 0.1) is 0 Å². The van der Waals surface area contributed by atoms with Crippen LogP contribution in [0.1, 0.15) is 24.0 Å². The monoisotopic (exact) mass is 414 g/mol. The smallest absolute Gasteiger partial charge is 0.872 e. The maximum Gasteiger partial charge on any atom is 2.00 e. The molecule has 136 valence electrons. The van der Waals surface area contributed by atoms with Gasteiger partial charge in [-0.2, -0.15) is 0 Å². The number of aliphatic imine (C=N–C) groups is 2. The van der Waals surface area contributed by atoms with E-state index in [4.69, 9.17) is 0 Å². The Labute approximate surface area is 172 Å². The molecule has 0 aliphatic carbocycles. The zero-order valence-corrected chi connectivity index (χ0v) is 18.2. The molecule has 0 fully saturated rings. The quantitative estimate of drug-likeness (QED) is 0.715. The van der Waals surface area contributed by atoms with E-state index in [1.165, 1.54) is 0 Å². The van der Waals surface area contributed by atoms with Gasteiger partial charge in [0.2, 0.25) is 0 Å². The first-order valence-electron chi connectivity index (χ1n) is 8.85. The molecule has 0 saturated carbocycles. The maximum absolute atomic E-state index is 11.4. The van der Waals surface area contributed by atoms with Gasteiger partial charge in [-0.05, 0) is 12.8 Å². The average molecular weight is 416 g/mol.